The lowest BCUT2D eigenvalue weighted by Gasteiger charge is -2.11. The van der Waals surface area contributed by atoms with Gasteiger partial charge in [-0.1, -0.05) is 43.7 Å². The van der Waals surface area contributed by atoms with Gasteiger partial charge >= 0.3 is 12.0 Å². The Balaban J connectivity index is 1.54. The monoisotopic (exact) mass is 379 g/mol. The summed E-state index contributed by atoms with van der Waals surface area (Å²) in [5, 5.41) is 6.73. The van der Waals surface area contributed by atoms with E-state index < -0.39 is 5.97 Å². The number of hydrogen-bond donors (Lipinski definition) is 3. The number of anilines is 1. The molecule has 0 bridgehead atoms. The van der Waals surface area contributed by atoms with Crippen LogP contribution in [0, 0.1) is 0 Å². The first-order valence-electron chi connectivity index (χ1n) is 9.55. The molecule has 3 rings (SSSR count). The molecule has 0 aliphatic rings. The quantitative estimate of drug-likeness (QED) is 0.398. The van der Waals surface area contributed by atoms with Crippen LogP contribution in [-0.2, 0) is 11.2 Å². The smallest absolute Gasteiger partial charge is 0.340 e. The molecule has 0 unspecified atom stereocenters. The molecular weight excluding hydrogens is 354 g/mol. The fourth-order valence-electron chi connectivity index (χ4n) is 2.97. The molecular formula is C22H25N3O3. The average Bonchev–Trinajstić information content (AvgIpc) is 3.12. The number of rotatable bonds is 8. The van der Waals surface area contributed by atoms with E-state index in [-0.39, 0.29) is 6.03 Å². The normalized spacial score (nSPS) is 10.6. The third-order valence-electron chi connectivity index (χ3n) is 4.48. The second-order valence-electron chi connectivity index (χ2n) is 6.53. The molecule has 3 N–H and O–H groups in total. The number of esters is 1. The first kappa shape index (κ1) is 19.5. The van der Waals surface area contributed by atoms with E-state index in [0.717, 1.165) is 29.3 Å². The van der Waals surface area contributed by atoms with Gasteiger partial charge in [0, 0.05) is 23.6 Å². The van der Waals surface area contributed by atoms with E-state index in [9.17, 15) is 9.59 Å². The SMILES string of the molecule is CCCCOC(=O)c1ccccc1NC(=O)NCCc1c[nH]c2ccccc12. The molecule has 0 aliphatic heterocycles. The summed E-state index contributed by atoms with van der Waals surface area (Å²) in [5.41, 5.74) is 3.02. The zero-order valence-electron chi connectivity index (χ0n) is 16.0. The molecule has 0 fully saturated rings. The fourth-order valence-corrected chi connectivity index (χ4v) is 2.97. The molecule has 0 spiro atoms. The largest absolute Gasteiger partial charge is 0.462 e. The van der Waals surface area contributed by atoms with E-state index in [1.807, 2.05) is 31.3 Å². The van der Waals surface area contributed by atoms with Crippen LogP contribution in [0.15, 0.2) is 54.7 Å². The van der Waals surface area contributed by atoms with E-state index in [2.05, 4.69) is 21.7 Å². The van der Waals surface area contributed by atoms with E-state index in [1.54, 1.807) is 24.3 Å². The van der Waals surface area contributed by atoms with Gasteiger partial charge in [0.1, 0.15) is 0 Å². The van der Waals surface area contributed by atoms with Crippen LogP contribution in [0.4, 0.5) is 10.5 Å². The topological polar surface area (TPSA) is 83.2 Å². The Bertz CT molecular complexity index is 949. The van der Waals surface area contributed by atoms with Crippen molar-refractivity contribution in [2.24, 2.45) is 0 Å². The van der Waals surface area contributed by atoms with E-state index in [4.69, 9.17) is 4.74 Å². The molecule has 0 atom stereocenters. The van der Waals surface area contributed by atoms with Crippen molar-refractivity contribution in [2.45, 2.75) is 26.2 Å². The summed E-state index contributed by atoms with van der Waals surface area (Å²) in [7, 11) is 0. The fraction of sp³-hybridized carbons (Fsp3) is 0.273. The number of amides is 2. The minimum atomic E-state index is -0.428. The summed E-state index contributed by atoms with van der Waals surface area (Å²) in [6, 6.07) is 14.6. The van der Waals surface area contributed by atoms with Crippen molar-refractivity contribution in [1.29, 1.82) is 0 Å². The zero-order chi connectivity index (χ0) is 19.8. The number of carbonyl (C=O) groups excluding carboxylic acids is 2. The minimum Gasteiger partial charge on any atom is -0.462 e. The number of urea groups is 1. The lowest BCUT2D eigenvalue weighted by molar-refractivity contribution is 0.0501. The molecule has 1 aromatic heterocycles. The van der Waals surface area contributed by atoms with Crippen molar-refractivity contribution in [2.75, 3.05) is 18.5 Å². The Morgan fingerprint density at radius 3 is 2.71 bits per heavy atom. The van der Waals surface area contributed by atoms with Gasteiger partial charge in [0.2, 0.25) is 0 Å². The van der Waals surface area contributed by atoms with Crippen LogP contribution >= 0.6 is 0 Å². The maximum atomic E-state index is 12.3. The highest BCUT2D eigenvalue weighted by Gasteiger charge is 2.14. The number of aromatic amines is 1. The van der Waals surface area contributed by atoms with Gasteiger partial charge in [-0.25, -0.2) is 9.59 Å². The van der Waals surface area contributed by atoms with Crippen molar-refractivity contribution in [3.05, 3.63) is 65.9 Å². The molecule has 0 aliphatic carbocycles. The first-order chi connectivity index (χ1) is 13.7. The summed E-state index contributed by atoms with van der Waals surface area (Å²) in [5.74, 6) is -0.428. The Labute approximate surface area is 164 Å². The lowest BCUT2D eigenvalue weighted by atomic mass is 10.1. The second kappa shape index (κ2) is 9.60. The summed E-state index contributed by atoms with van der Waals surface area (Å²) in [4.78, 5) is 27.7. The number of carbonyl (C=O) groups is 2. The molecule has 3 aromatic rings. The zero-order valence-corrected chi connectivity index (χ0v) is 16.0. The van der Waals surface area contributed by atoms with Gasteiger partial charge in [0.15, 0.2) is 0 Å². The van der Waals surface area contributed by atoms with Crippen LogP contribution in [0.25, 0.3) is 10.9 Å². The molecule has 0 saturated heterocycles. The molecule has 146 valence electrons. The highest BCUT2D eigenvalue weighted by Crippen LogP contribution is 2.18. The van der Waals surface area contributed by atoms with Gasteiger partial charge in [-0.2, -0.15) is 0 Å². The van der Waals surface area contributed by atoms with Crippen molar-refractivity contribution in [3.8, 4) is 0 Å². The number of unbranched alkanes of at least 4 members (excludes halogenated alkanes) is 1. The van der Waals surface area contributed by atoms with E-state index >= 15 is 0 Å². The number of para-hydroxylation sites is 2. The standard InChI is InChI=1S/C22H25N3O3/c1-2-3-14-28-21(26)18-9-5-7-11-20(18)25-22(27)23-13-12-16-15-24-19-10-6-4-8-17(16)19/h4-11,15,24H,2-3,12-14H2,1H3,(H2,23,25,27). The Hall–Kier alpha value is -3.28. The minimum absolute atomic E-state index is 0.352. The molecule has 1 heterocycles. The Morgan fingerprint density at radius 2 is 1.86 bits per heavy atom. The van der Waals surface area contributed by atoms with Gasteiger partial charge in [0.05, 0.1) is 17.9 Å². The van der Waals surface area contributed by atoms with Crippen LogP contribution in [0.1, 0.15) is 35.7 Å². The predicted octanol–water partition coefficient (Wildman–Crippen LogP) is 4.49. The van der Waals surface area contributed by atoms with E-state index in [0.29, 0.717) is 30.8 Å². The number of benzene rings is 2. The first-order valence-corrected chi connectivity index (χ1v) is 9.55. The number of nitrogens with one attached hydrogen (secondary N) is 3. The van der Waals surface area contributed by atoms with Crippen molar-refractivity contribution in [1.82, 2.24) is 10.3 Å². The second-order valence-corrected chi connectivity index (χ2v) is 6.53. The summed E-state index contributed by atoms with van der Waals surface area (Å²) >= 11 is 0. The van der Waals surface area contributed by atoms with Crippen LogP contribution in [0.3, 0.4) is 0 Å². The third kappa shape index (κ3) is 4.91. The molecule has 2 amide bonds. The lowest BCUT2D eigenvalue weighted by Crippen LogP contribution is -2.31. The molecule has 28 heavy (non-hydrogen) atoms. The average molecular weight is 379 g/mol. The van der Waals surface area contributed by atoms with Gasteiger partial charge in [-0.15, -0.1) is 0 Å². The van der Waals surface area contributed by atoms with Gasteiger partial charge < -0.3 is 20.4 Å². The molecule has 0 radical (unpaired) electrons. The Kier molecular flexibility index (Phi) is 6.68. The maximum Gasteiger partial charge on any atom is 0.340 e. The highest BCUT2D eigenvalue weighted by atomic mass is 16.5. The van der Waals surface area contributed by atoms with Crippen molar-refractivity contribution >= 4 is 28.6 Å². The van der Waals surface area contributed by atoms with E-state index in [1.165, 1.54) is 0 Å². The van der Waals surface area contributed by atoms with Gasteiger partial charge in [0.25, 0.3) is 0 Å². The van der Waals surface area contributed by atoms with Gasteiger partial charge in [-0.3, -0.25) is 0 Å². The number of fused-ring (bicyclic) bond motifs is 1. The van der Waals surface area contributed by atoms with Crippen molar-refractivity contribution < 1.29 is 14.3 Å². The van der Waals surface area contributed by atoms with Crippen LogP contribution < -0.4 is 10.6 Å². The molecule has 0 saturated carbocycles. The van der Waals surface area contributed by atoms with Crippen LogP contribution in [-0.4, -0.2) is 30.1 Å². The van der Waals surface area contributed by atoms with Crippen LogP contribution in [0.2, 0.25) is 0 Å². The summed E-state index contributed by atoms with van der Waals surface area (Å²) in [6.07, 6.45) is 4.44. The number of hydrogen-bond acceptors (Lipinski definition) is 3. The molecule has 6 nitrogen and oxygen atoms in total. The van der Waals surface area contributed by atoms with Crippen LogP contribution in [0.5, 0.6) is 0 Å². The van der Waals surface area contributed by atoms with Gasteiger partial charge in [-0.05, 0) is 36.6 Å². The predicted molar refractivity (Wildman–Crippen MR) is 111 cm³/mol. The van der Waals surface area contributed by atoms with Crippen molar-refractivity contribution in [3.63, 3.8) is 0 Å². The number of ether oxygens (including phenoxy) is 1. The number of aromatic nitrogens is 1. The molecule has 6 heteroatoms. The summed E-state index contributed by atoms with van der Waals surface area (Å²) in [6.45, 7) is 2.89. The third-order valence-corrected chi connectivity index (χ3v) is 4.48. The summed E-state index contributed by atoms with van der Waals surface area (Å²) < 4.78 is 5.25. The highest BCUT2D eigenvalue weighted by molar-refractivity contribution is 6.00. The number of H-pyrrole nitrogens is 1. The Morgan fingerprint density at radius 1 is 1.07 bits per heavy atom. The molecule has 2 aromatic carbocycles. The maximum absolute atomic E-state index is 12.3.